The summed E-state index contributed by atoms with van der Waals surface area (Å²) in [6.07, 6.45) is -0.291. The van der Waals surface area contributed by atoms with Crippen LogP contribution in [0, 0.1) is 0 Å². The molecule has 1 saturated heterocycles. The van der Waals surface area contributed by atoms with Gasteiger partial charge in [-0.25, -0.2) is 0 Å². The molecule has 1 amide bonds. The Morgan fingerprint density at radius 2 is 1.80 bits per heavy atom. The first-order valence-corrected chi connectivity index (χ1v) is 6.81. The lowest BCUT2D eigenvalue weighted by Gasteiger charge is -2.29. The van der Waals surface area contributed by atoms with E-state index < -0.39 is 0 Å². The fourth-order valence-electron chi connectivity index (χ4n) is 3.31. The van der Waals surface area contributed by atoms with Crippen LogP contribution in [0.2, 0.25) is 0 Å². The summed E-state index contributed by atoms with van der Waals surface area (Å²) in [6.45, 7) is 2.62. The van der Waals surface area contributed by atoms with Gasteiger partial charge in [0.1, 0.15) is 0 Å². The highest BCUT2D eigenvalue weighted by molar-refractivity contribution is 6.00. The van der Waals surface area contributed by atoms with Crippen LogP contribution in [0.25, 0.3) is 0 Å². The van der Waals surface area contributed by atoms with Crippen LogP contribution in [0.15, 0.2) is 54.6 Å². The molecular weight excluding hydrogens is 250 g/mol. The number of carbonyl (C=O) groups is 1. The number of rotatable bonds is 1. The first-order chi connectivity index (χ1) is 9.72. The standard InChI is InChI=1S/C17H15NO2/c1-17-11-20-16(12-7-3-2-4-8-12)18(17)15(19)13-9-5-6-10-14(13)17/h2-10,16H,11H2,1H3/t16-,17-/m0/s1. The predicted molar refractivity (Wildman–Crippen MR) is 75.1 cm³/mol. The van der Waals surface area contributed by atoms with Crippen LogP contribution in [0.1, 0.15) is 34.6 Å². The number of ether oxygens (including phenoxy) is 1. The summed E-state index contributed by atoms with van der Waals surface area (Å²) in [5.74, 6) is 0.0643. The molecule has 0 bridgehead atoms. The molecule has 2 heterocycles. The van der Waals surface area contributed by atoms with Crippen LogP contribution in [-0.2, 0) is 10.3 Å². The molecule has 0 saturated carbocycles. The zero-order valence-corrected chi connectivity index (χ0v) is 11.2. The van der Waals surface area contributed by atoms with E-state index in [0.29, 0.717) is 6.61 Å². The second-order valence-electron chi connectivity index (χ2n) is 5.57. The third kappa shape index (κ3) is 1.36. The van der Waals surface area contributed by atoms with Crippen molar-refractivity contribution in [3.05, 3.63) is 71.3 Å². The Morgan fingerprint density at radius 1 is 1.10 bits per heavy atom. The maximum atomic E-state index is 12.7. The number of nitrogens with zero attached hydrogens (tertiary/aromatic N) is 1. The summed E-state index contributed by atoms with van der Waals surface area (Å²) in [4.78, 5) is 14.6. The molecule has 100 valence electrons. The zero-order chi connectivity index (χ0) is 13.7. The number of benzene rings is 2. The molecule has 20 heavy (non-hydrogen) atoms. The van der Waals surface area contributed by atoms with Gasteiger partial charge in [-0.3, -0.25) is 9.69 Å². The quantitative estimate of drug-likeness (QED) is 0.793. The van der Waals surface area contributed by atoms with Gasteiger partial charge in [0, 0.05) is 11.1 Å². The van der Waals surface area contributed by atoms with Gasteiger partial charge < -0.3 is 4.74 Å². The van der Waals surface area contributed by atoms with Crippen molar-refractivity contribution in [1.29, 1.82) is 0 Å². The molecule has 2 aromatic rings. The predicted octanol–water partition coefficient (Wildman–Crippen LogP) is 3.09. The van der Waals surface area contributed by atoms with E-state index in [0.717, 1.165) is 16.7 Å². The SMILES string of the molecule is C[C@@]12CO[C@@H](c3ccccc3)N1C(=O)c1ccccc12. The summed E-state index contributed by atoms with van der Waals surface area (Å²) >= 11 is 0. The number of fused-ring (bicyclic) bond motifs is 3. The molecule has 2 aromatic carbocycles. The lowest BCUT2D eigenvalue weighted by molar-refractivity contribution is 0.0229. The normalized spacial score (nSPS) is 27.6. The Labute approximate surface area is 117 Å². The molecule has 0 aromatic heterocycles. The van der Waals surface area contributed by atoms with Crippen molar-refractivity contribution in [2.45, 2.75) is 18.7 Å². The van der Waals surface area contributed by atoms with Gasteiger partial charge in [-0.1, -0.05) is 48.5 Å². The molecule has 4 rings (SSSR count). The first-order valence-electron chi connectivity index (χ1n) is 6.81. The van der Waals surface area contributed by atoms with Gasteiger partial charge in [0.05, 0.1) is 12.1 Å². The van der Waals surface area contributed by atoms with Gasteiger partial charge in [-0.05, 0) is 18.6 Å². The minimum atomic E-state index is -0.353. The Balaban J connectivity index is 1.84. The van der Waals surface area contributed by atoms with E-state index in [4.69, 9.17) is 4.74 Å². The third-order valence-electron chi connectivity index (χ3n) is 4.33. The molecule has 2 aliphatic rings. The summed E-state index contributed by atoms with van der Waals surface area (Å²) in [5, 5.41) is 0. The van der Waals surface area contributed by atoms with Gasteiger partial charge in [-0.15, -0.1) is 0 Å². The molecule has 0 unspecified atom stereocenters. The molecular formula is C17H15NO2. The lowest BCUT2D eigenvalue weighted by atomic mass is 9.93. The van der Waals surface area contributed by atoms with Crippen molar-refractivity contribution in [1.82, 2.24) is 4.90 Å². The minimum absolute atomic E-state index is 0.0643. The van der Waals surface area contributed by atoms with Crippen LogP contribution >= 0.6 is 0 Å². The van der Waals surface area contributed by atoms with E-state index in [2.05, 4.69) is 6.92 Å². The van der Waals surface area contributed by atoms with Crippen molar-refractivity contribution in [3.8, 4) is 0 Å². The van der Waals surface area contributed by atoms with Crippen LogP contribution in [0.4, 0.5) is 0 Å². The van der Waals surface area contributed by atoms with E-state index >= 15 is 0 Å². The van der Waals surface area contributed by atoms with E-state index in [1.54, 1.807) is 0 Å². The van der Waals surface area contributed by atoms with Gasteiger partial charge in [0.25, 0.3) is 5.91 Å². The minimum Gasteiger partial charge on any atom is -0.351 e. The highest BCUT2D eigenvalue weighted by atomic mass is 16.5. The number of hydrogen-bond donors (Lipinski definition) is 0. The molecule has 2 aliphatic heterocycles. The van der Waals surface area contributed by atoms with Crippen molar-refractivity contribution >= 4 is 5.91 Å². The second-order valence-corrected chi connectivity index (χ2v) is 5.57. The fourth-order valence-corrected chi connectivity index (χ4v) is 3.31. The first kappa shape index (κ1) is 11.7. The molecule has 1 fully saturated rings. The largest absolute Gasteiger partial charge is 0.351 e. The Kier molecular flexibility index (Phi) is 2.30. The zero-order valence-electron chi connectivity index (χ0n) is 11.2. The van der Waals surface area contributed by atoms with Crippen LogP contribution in [-0.4, -0.2) is 17.4 Å². The van der Waals surface area contributed by atoms with Crippen molar-refractivity contribution in [3.63, 3.8) is 0 Å². The summed E-state index contributed by atoms with van der Waals surface area (Å²) < 4.78 is 5.94. The average Bonchev–Trinajstić information content (AvgIpc) is 2.95. The maximum absolute atomic E-state index is 12.7. The summed E-state index contributed by atoms with van der Waals surface area (Å²) in [6, 6.07) is 17.8. The fraction of sp³-hybridized carbons (Fsp3) is 0.235. The lowest BCUT2D eigenvalue weighted by Crippen LogP contribution is -2.38. The van der Waals surface area contributed by atoms with Gasteiger partial charge in [0.15, 0.2) is 6.23 Å². The summed E-state index contributed by atoms with van der Waals surface area (Å²) in [5.41, 5.74) is 2.55. The van der Waals surface area contributed by atoms with Crippen LogP contribution < -0.4 is 0 Å². The molecule has 0 N–H and O–H groups in total. The second kappa shape index (κ2) is 3.93. The summed E-state index contributed by atoms with van der Waals surface area (Å²) in [7, 11) is 0. The molecule has 0 radical (unpaired) electrons. The highest BCUT2D eigenvalue weighted by Gasteiger charge is 2.54. The topological polar surface area (TPSA) is 29.5 Å². The smallest absolute Gasteiger partial charge is 0.257 e. The van der Waals surface area contributed by atoms with Gasteiger partial charge in [-0.2, -0.15) is 0 Å². The molecule has 3 nitrogen and oxygen atoms in total. The molecule has 2 atom stereocenters. The Bertz CT molecular complexity index is 682. The molecule has 0 spiro atoms. The van der Waals surface area contributed by atoms with E-state index in [9.17, 15) is 4.79 Å². The molecule has 0 aliphatic carbocycles. The maximum Gasteiger partial charge on any atom is 0.257 e. The third-order valence-corrected chi connectivity index (χ3v) is 4.33. The molecule has 3 heteroatoms. The van der Waals surface area contributed by atoms with E-state index in [-0.39, 0.29) is 17.7 Å². The van der Waals surface area contributed by atoms with E-state index in [1.165, 1.54) is 0 Å². The number of carbonyl (C=O) groups excluding carboxylic acids is 1. The highest BCUT2D eigenvalue weighted by Crippen LogP contribution is 2.49. The number of hydrogen-bond acceptors (Lipinski definition) is 2. The Morgan fingerprint density at radius 3 is 2.60 bits per heavy atom. The monoisotopic (exact) mass is 265 g/mol. The van der Waals surface area contributed by atoms with Crippen LogP contribution in [0.5, 0.6) is 0 Å². The number of amides is 1. The van der Waals surface area contributed by atoms with Gasteiger partial charge >= 0.3 is 0 Å². The van der Waals surface area contributed by atoms with Crippen molar-refractivity contribution in [2.24, 2.45) is 0 Å². The Hall–Kier alpha value is -2.13. The van der Waals surface area contributed by atoms with Gasteiger partial charge in [0.2, 0.25) is 0 Å². The van der Waals surface area contributed by atoms with E-state index in [1.807, 2.05) is 59.5 Å². The van der Waals surface area contributed by atoms with Crippen molar-refractivity contribution in [2.75, 3.05) is 6.61 Å². The van der Waals surface area contributed by atoms with Crippen molar-refractivity contribution < 1.29 is 9.53 Å². The van der Waals surface area contributed by atoms with Crippen LogP contribution in [0.3, 0.4) is 0 Å². The average molecular weight is 265 g/mol.